The number of hydrogen-bond acceptors (Lipinski definition) is 5. The van der Waals surface area contributed by atoms with Crippen LogP contribution in [0.1, 0.15) is 16.7 Å². The number of rotatable bonds is 6. The van der Waals surface area contributed by atoms with Crippen LogP contribution in [0.15, 0.2) is 72.8 Å². The molecule has 0 unspecified atom stereocenters. The zero-order chi connectivity index (χ0) is 22.7. The maximum atomic E-state index is 13.2. The van der Waals surface area contributed by atoms with E-state index in [1.165, 1.54) is 29.5 Å². The second-order valence-corrected chi connectivity index (χ2v) is 8.52. The molecule has 0 N–H and O–H groups in total. The lowest BCUT2D eigenvalue weighted by molar-refractivity contribution is -0.384. The number of carbonyl (C=O) groups excluding carboxylic acids is 1. The first kappa shape index (κ1) is 21.7. The van der Waals surface area contributed by atoms with Crippen LogP contribution < -0.4 is 4.90 Å². The van der Waals surface area contributed by atoms with Crippen molar-refractivity contribution >= 4 is 56.0 Å². The van der Waals surface area contributed by atoms with Gasteiger partial charge in [-0.15, -0.1) is 0 Å². The Morgan fingerprint density at radius 1 is 1.12 bits per heavy atom. The number of carbonyl (C=O) groups is 1. The number of nitrogens with zero attached hydrogens (tertiary/aromatic N) is 3. The molecule has 0 radical (unpaired) electrons. The number of anilines is 1. The number of nitro benzene ring substituents is 1. The van der Waals surface area contributed by atoms with Crippen LogP contribution in [-0.4, -0.2) is 15.8 Å². The zero-order valence-corrected chi connectivity index (χ0v) is 18.6. The highest BCUT2D eigenvalue weighted by Crippen LogP contribution is 2.34. The Bertz CT molecular complexity index is 1320. The Morgan fingerprint density at radius 3 is 2.53 bits per heavy atom. The molecule has 0 atom stereocenters. The molecule has 1 aromatic heterocycles. The van der Waals surface area contributed by atoms with Gasteiger partial charge in [0.2, 0.25) is 0 Å². The maximum absolute atomic E-state index is 13.2. The van der Waals surface area contributed by atoms with Gasteiger partial charge in [-0.2, -0.15) is 0 Å². The average Bonchev–Trinajstić information content (AvgIpc) is 3.24. The fraction of sp³-hybridized carbons (Fsp3) is 0.0833. The maximum Gasteiger partial charge on any atom is 0.269 e. The third-order valence-electron chi connectivity index (χ3n) is 4.94. The molecular formula is C24H18ClN3O3S. The summed E-state index contributed by atoms with van der Waals surface area (Å²) in [6.07, 6.45) is 3.09. The Hall–Kier alpha value is -3.55. The van der Waals surface area contributed by atoms with Crippen LogP contribution in [0.25, 0.3) is 16.3 Å². The van der Waals surface area contributed by atoms with Gasteiger partial charge in [-0.25, -0.2) is 4.98 Å². The standard InChI is InChI=1S/C24H18ClN3O3S/c1-16-20(25)12-13-21-23(16)26-24(32-21)27(15-18-5-3-2-4-6-18)22(29)14-9-17-7-10-19(11-8-17)28(30)31/h2-14H,15H2,1H3/b14-9+. The lowest BCUT2D eigenvalue weighted by Crippen LogP contribution is -2.28. The highest BCUT2D eigenvalue weighted by atomic mass is 35.5. The topological polar surface area (TPSA) is 76.3 Å². The van der Waals surface area contributed by atoms with Gasteiger partial charge in [0.25, 0.3) is 11.6 Å². The van der Waals surface area contributed by atoms with E-state index in [0.29, 0.717) is 22.3 Å². The summed E-state index contributed by atoms with van der Waals surface area (Å²) >= 11 is 7.68. The van der Waals surface area contributed by atoms with Crippen molar-refractivity contribution in [3.8, 4) is 0 Å². The molecule has 6 nitrogen and oxygen atoms in total. The number of non-ortho nitro benzene ring substituents is 1. The third kappa shape index (κ3) is 4.69. The van der Waals surface area contributed by atoms with Crippen LogP contribution in [-0.2, 0) is 11.3 Å². The number of benzene rings is 3. The van der Waals surface area contributed by atoms with Gasteiger partial charge in [0, 0.05) is 23.2 Å². The van der Waals surface area contributed by atoms with Crippen LogP contribution in [0.4, 0.5) is 10.8 Å². The van der Waals surface area contributed by atoms with E-state index in [1.54, 1.807) is 23.1 Å². The molecule has 3 aromatic carbocycles. The van der Waals surface area contributed by atoms with Crippen molar-refractivity contribution in [1.82, 2.24) is 4.98 Å². The van der Waals surface area contributed by atoms with Crippen molar-refractivity contribution in [2.24, 2.45) is 0 Å². The SMILES string of the molecule is Cc1c(Cl)ccc2sc(N(Cc3ccccc3)C(=O)/C=C/c3ccc([N+](=O)[O-])cc3)nc12. The molecule has 0 aliphatic heterocycles. The summed E-state index contributed by atoms with van der Waals surface area (Å²) in [5.74, 6) is -0.241. The highest BCUT2D eigenvalue weighted by Gasteiger charge is 2.19. The Labute approximate surface area is 193 Å². The molecule has 160 valence electrons. The van der Waals surface area contributed by atoms with Gasteiger partial charge in [-0.3, -0.25) is 19.8 Å². The number of thiazole rings is 1. The lowest BCUT2D eigenvalue weighted by Gasteiger charge is -2.18. The van der Waals surface area contributed by atoms with Gasteiger partial charge in [-0.1, -0.05) is 53.3 Å². The molecule has 0 aliphatic rings. The van der Waals surface area contributed by atoms with Gasteiger partial charge in [0.1, 0.15) is 0 Å². The van der Waals surface area contributed by atoms with Gasteiger partial charge in [0.15, 0.2) is 5.13 Å². The molecule has 0 saturated heterocycles. The Balaban J connectivity index is 1.66. The summed E-state index contributed by atoms with van der Waals surface area (Å²) in [4.78, 5) is 29.9. The number of hydrogen-bond donors (Lipinski definition) is 0. The van der Waals surface area contributed by atoms with E-state index in [9.17, 15) is 14.9 Å². The molecule has 0 bridgehead atoms. The van der Waals surface area contributed by atoms with E-state index in [0.717, 1.165) is 21.3 Å². The fourth-order valence-electron chi connectivity index (χ4n) is 3.17. The van der Waals surface area contributed by atoms with E-state index < -0.39 is 4.92 Å². The van der Waals surface area contributed by atoms with Crippen molar-refractivity contribution in [3.05, 3.63) is 105 Å². The minimum Gasteiger partial charge on any atom is -0.280 e. The number of fused-ring (bicyclic) bond motifs is 1. The summed E-state index contributed by atoms with van der Waals surface area (Å²) in [5, 5.41) is 12.0. The second kappa shape index (κ2) is 9.30. The first-order valence-electron chi connectivity index (χ1n) is 9.76. The van der Waals surface area contributed by atoms with Crippen LogP contribution >= 0.6 is 22.9 Å². The number of halogens is 1. The quantitative estimate of drug-likeness (QED) is 0.188. The number of amides is 1. The van der Waals surface area contributed by atoms with Gasteiger partial charge in [0.05, 0.1) is 21.7 Å². The Kier molecular flexibility index (Phi) is 6.30. The van der Waals surface area contributed by atoms with E-state index in [4.69, 9.17) is 16.6 Å². The molecule has 0 aliphatic carbocycles. The molecule has 0 saturated carbocycles. The molecule has 0 spiro atoms. The van der Waals surface area contributed by atoms with Crippen molar-refractivity contribution in [2.75, 3.05) is 4.90 Å². The first-order valence-corrected chi connectivity index (χ1v) is 11.0. The van der Waals surface area contributed by atoms with E-state index in [1.807, 2.05) is 49.4 Å². The molecule has 1 amide bonds. The van der Waals surface area contributed by atoms with Crippen molar-refractivity contribution < 1.29 is 9.72 Å². The lowest BCUT2D eigenvalue weighted by atomic mass is 10.2. The van der Waals surface area contributed by atoms with Gasteiger partial charge < -0.3 is 0 Å². The number of nitro groups is 1. The predicted octanol–water partition coefficient (Wildman–Crippen LogP) is 6.41. The fourth-order valence-corrected chi connectivity index (χ4v) is 4.36. The van der Waals surface area contributed by atoms with Crippen LogP contribution in [0.3, 0.4) is 0 Å². The average molecular weight is 464 g/mol. The molecule has 8 heteroatoms. The number of aryl methyl sites for hydroxylation is 1. The molecule has 1 heterocycles. The minimum absolute atomic E-state index is 0.00249. The van der Waals surface area contributed by atoms with Crippen molar-refractivity contribution in [3.63, 3.8) is 0 Å². The summed E-state index contributed by atoms with van der Waals surface area (Å²) < 4.78 is 0.951. The highest BCUT2D eigenvalue weighted by molar-refractivity contribution is 7.22. The summed E-state index contributed by atoms with van der Waals surface area (Å²) in [6.45, 7) is 2.27. The van der Waals surface area contributed by atoms with Crippen LogP contribution in [0.5, 0.6) is 0 Å². The first-order chi connectivity index (χ1) is 15.4. The summed E-state index contributed by atoms with van der Waals surface area (Å²) in [6, 6.07) is 19.4. The van der Waals surface area contributed by atoms with Gasteiger partial charge >= 0.3 is 0 Å². The van der Waals surface area contributed by atoms with Gasteiger partial charge in [-0.05, 0) is 54.0 Å². The summed E-state index contributed by atoms with van der Waals surface area (Å²) in [7, 11) is 0. The molecule has 4 rings (SSSR count). The smallest absolute Gasteiger partial charge is 0.269 e. The van der Waals surface area contributed by atoms with Crippen molar-refractivity contribution in [2.45, 2.75) is 13.5 Å². The van der Waals surface area contributed by atoms with Crippen LogP contribution in [0.2, 0.25) is 5.02 Å². The monoisotopic (exact) mass is 463 g/mol. The predicted molar refractivity (Wildman–Crippen MR) is 129 cm³/mol. The van der Waals surface area contributed by atoms with Crippen LogP contribution in [0, 0.1) is 17.0 Å². The Morgan fingerprint density at radius 2 is 1.84 bits per heavy atom. The molecule has 0 fully saturated rings. The van der Waals surface area contributed by atoms with E-state index in [-0.39, 0.29) is 11.6 Å². The normalized spacial score (nSPS) is 11.2. The summed E-state index contributed by atoms with van der Waals surface area (Å²) in [5.41, 5.74) is 3.32. The zero-order valence-electron chi connectivity index (χ0n) is 17.1. The molecular weight excluding hydrogens is 446 g/mol. The minimum atomic E-state index is -0.457. The van der Waals surface area contributed by atoms with E-state index >= 15 is 0 Å². The third-order valence-corrected chi connectivity index (χ3v) is 6.39. The largest absolute Gasteiger partial charge is 0.280 e. The molecule has 4 aromatic rings. The molecule has 32 heavy (non-hydrogen) atoms. The van der Waals surface area contributed by atoms with E-state index in [2.05, 4.69) is 0 Å². The van der Waals surface area contributed by atoms with Crippen molar-refractivity contribution in [1.29, 1.82) is 0 Å². The number of aromatic nitrogens is 1. The second-order valence-electron chi connectivity index (χ2n) is 7.11.